The van der Waals surface area contributed by atoms with Gasteiger partial charge < -0.3 is 0 Å². The van der Waals surface area contributed by atoms with Crippen molar-refractivity contribution in [2.24, 2.45) is 0 Å². The summed E-state index contributed by atoms with van der Waals surface area (Å²) in [5.74, 6) is 0. The molecular formula is C12H8N2S3. The lowest BCUT2D eigenvalue weighted by molar-refractivity contribution is 1.31. The highest BCUT2D eigenvalue weighted by molar-refractivity contribution is 8.02. The molecule has 0 amide bonds. The molecule has 3 aromatic heterocycles. The Kier molecular flexibility index (Phi) is 3.22. The third kappa shape index (κ3) is 2.57. The third-order valence-electron chi connectivity index (χ3n) is 2.09. The number of pyridine rings is 1. The monoisotopic (exact) mass is 276 g/mol. The molecular weight excluding hydrogens is 268 g/mol. The summed E-state index contributed by atoms with van der Waals surface area (Å²) in [6.07, 6.45) is 5.55. The van der Waals surface area contributed by atoms with Gasteiger partial charge >= 0.3 is 0 Å². The van der Waals surface area contributed by atoms with Crippen LogP contribution in [-0.2, 0) is 0 Å². The van der Waals surface area contributed by atoms with Crippen molar-refractivity contribution >= 4 is 34.4 Å². The Morgan fingerprint density at radius 3 is 2.82 bits per heavy atom. The Labute approximate surface area is 111 Å². The van der Waals surface area contributed by atoms with E-state index in [-0.39, 0.29) is 0 Å². The molecule has 0 N–H and O–H groups in total. The molecule has 0 unspecified atom stereocenters. The predicted molar refractivity (Wildman–Crippen MR) is 73.8 cm³/mol. The van der Waals surface area contributed by atoms with E-state index in [9.17, 15) is 0 Å². The Balaban J connectivity index is 1.84. The van der Waals surface area contributed by atoms with Crippen molar-refractivity contribution in [1.82, 2.24) is 9.97 Å². The topological polar surface area (TPSA) is 25.8 Å². The van der Waals surface area contributed by atoms with Gasteiger partial charge in [0, 0.05) is 18.0 Å². The molecule has 3 aromatic rings. The predicted octanol–water partition coefficient (Wildman–Crippen LogP) is 4.42. The summed E-state index contributed by atoms with van der Waals surface area (Å²) in [5.41, 5.74) is 1.08. The van der Waals surface area contributed by atoms with E-state index in [1.807, 2.05) is 24.5 Å². The van der Waals surface area contributed by atoms with Gasteiger partial charge in [0.1, 0.15) is 5.01 Å². The van der Waals surface area contributed by atoms with Crippen LogP contribution in [0.3, 0.4) is 0 Å². The van der Waals surface area contributed by atoms with E-state index in [2.05, 4.69) is 27.5 Å². The lowest BCUT2D eigenvalue weighted by atomic mass is 10.3. The summed E-state index contributed by atoms with van der Waals surface area (Å²) in [4.78, 5) is 8.54. The van der Waals surface area contributed by atoms with Crippen LogP contribution in [0.1, 0.15) is 0 Å². The van der Waals surface area contributed by atoms with Gasteiger partial charge in [-0.2, -0.15) is 0 Å². The lowest BCUT2D eigenvalue weighted by Crippen LogP contribution is -1.75. The van der Waals surface area contributed by atoms with Crippen molar-refractivity contribution in [3.8, 4) is 10.6 Å². The molecule has 5 heteroatoms. The van der Waals surface area contributed by atoms with Crippen molar-refractivity contribution in [3.63, 3.8) is 0 Å². The van der Waals surface area contributed by atoms with Gasteiger partial charge in [0.2, 0.25) is 0 Å². The summed E-state index contributed by atoms with van der Waals surface area (Å²) >= 11 is 5.22. The quantitative estimate of drug-likeness (QED) is 0.708. The standard InChI is InChI=1S/C12H8N2S3/c1-3-9(7-13-5-1)12-14-8-11(17-12)16-10-4-2-6-15-10/h1-8H. The Morgan fingerprint density at radius 2 is 2.06 bits per heavy atom. The molecule has 0 aliphatic heterocycles. The van der Waals surface area contributed by atoms with Crippen molar-refractivity contribution < 1.29 is 0 Å². The maximum absolute atomic E-state index is 4.43. The third-order valence-corrected chi connectivity index (χ3v) is 5.27. The molecule has 3 heterocycles. The van der Waals surface area contributed by atoms with E-state index in [1.165, 1.54) is 8.42 Å². The van der Waals surface area contributed by atoms with Crippen LogP contribution in [0.5, 0.6) is 0 Å². The fourth-order valence-electron chi connectivity index (χ4n) is 1.35. The van der Waals surface area contributed by atoms with Crippen LogP contribution < -0.4 is 0 Å². The molecule has 0 spiro atoms. The summed E-state index contributed by atoms with van der Waals surface area (Å²) in [6.45, 7) is 0. The molecule has 17 heavy (non-hydrogen) atoms. The van der Waals surface area contributed by atoms with E-state index < -0.39 is 0 Å². The minimum Gasteiger partial charge on any atom is -0.264 e. The summed E-state index contributed by atoms with van der Waals surface area (Å²) in [5, 5.41) is 3.11. The molecule has 0 aliphatic carbocycles. The van der Waals surface area contributed by atoms with Crippen LogP contribution in [0.4, 0.5) is 0 Å². The number of hydrogen-bond acceptors (Lipinski definition) is 5. The van der Waals surface area contributed by atoms with Gasteiger partial charge in [-0.05, 0) is 23.6 Å². The first kappa shape index (κ1) is 11.0. The molecule has 0 saturated carbocycles. The highest BCUT2D eigenvalue weighted by Crippen LogP contribution is 2.37. The molecule has 0 bridgehead atoms. The number of thiazole rings is 1. The number of hydrogen-bond donors (Lipinski definition) is 0. The van der Waals surface area contributed by atoms with Crippen LogP contribution in [-0.4, -0.2) is 9.97 Å². The van der Waals surface area contributed by atoms with Crippen molar-refractivity contribution in [2.75, 3.05) is 0 Å². The first-order valence-electron chi connectivity index (χ1n) is 4.99. The number of thiophene rings is 1. The van der Waals surface area contributed by atoms with Gasteiger partial charge in [0.15, 0.2) is 0 Å². The van der Waals surface area contributed by atoms with Crippen LogP contribution in [0.25, 0.3) is 10.6 Å². The minimum absolute atomic E-state index is 1.03. The van der Waals surface area contributed by atoms with Gasteiger partial charge in [-0.3, -0.25) is 4.98 Å². The molecule has 0 aromatic carbocycles. The Bertz CT molecular complexity index is 587. The second-order valence-electron chi connectivity index (χ2n) is 3.26. The first-order chi connectivity index (χ1) is 8.42. The fraction of sp³-hybridized carbons (Fsp3) is 0. The largest absolute Gasteiger partial charge is 0.264 e. The molecule has 0 aliphatic rings. The second kappa shape index (κ2) is 5.00. The van der Waals surface area contributed by atoms with Gasteiger partial charge in [-0.1, -0.05) is 17.8 Å². The van der Waals surface area contributed by atoms with E-state index in [1.54, 1.807) is 40.6 Å². The van der Waals surface area contributed by atoms with Crippen LogP contribution in [0, 0.1) is 0 Å². The molecule has 3 rings (SSSR count). The summed E-state index contributed by atoms with van der Waals surface area (Å²) in [6, 6.07) is 8.16. The number of nitrogens with zero attached hydrogens (tertiary/aromatic N) is 2. The van der Waals surface area contributed by atoms with E-state index >= 15 is 0 Å². The number of aromatic nitrogens is 2. The molecule has 84 valence electrons. The van der Waals surface area contributed by atoms with Crippen LogP contribution >= 0.6 is 34.4 Å². The van der Waals surface area contributed by atoms with Gasteiger partial charge in [-0.25, -0.2) is 4.98 Å². The first-order valence-corrected chi connectivity index (χ1v) is 7.51. The van der Waals surface area contributed by atoms with Crippen molar-refractivity contribution in [1.29, 1.82) is 0 Å². The zero-order valence-corrected chi connectivity index (χ0v) is 11.2. The Morgan fingerprint density at radius 1 is 1.06 bits per heavy atom. The van der Waals surface area contributed by atoms with E-state index in [0.29, 0.717) is 0 Å². The highest BCUT2D eigenvalue weighted by Gasteiger charge is 2.06. The summed E-state index contributed by atoms with van der Waals surface area (Å²) in [7, 11) is 0. The Hall–Kier alpha value is -1.17. The lowest BCUT2D eigenvalue weighted by Gasteiger charge is -1.93. The SMILES string of the molecule is c1cncc(-c2ncc(Sc3cccs3)s2)c1. The molecule has 0 radical (unpaired) electrons. The minimum atomic E-state index is 1.03. The zero-order chi connectivity index (χ0) is 11.5. The average molecular weight is 276 g/mol. The smallest absolute Gasteiger partial charge is 0.125 e. The fourth-order valence-corrected chi connectivity index (χ4v) is 4.35. The van der Waals surface area contributed by atoms with E-state index in [4.69, 9.17) is 0 Å². The molecule has 0 fully saturated rings. The van der Waals surface area contributed by atoms with Gasteiger partial charge in [0.25, 0.3) is 0 Å². The average Bonchev–Trinajstić information content (AvgIpc) is 3.02. The maximum atomic E-state index is 4.43. The van der Waals surface area contributed by atoms with Crippen molar-refractivity contribution in [2.45, 2.75) is 8.42 Å². The second-order valence-corrected chi connectivity index (χ2v) is 6.84. The highest BCUT2D eigenvalue weighted by atomic mass is 32.2. The van der Waals surface area contributed by atoms with E-state index in [0.717, 1.165) is 10.6 Å². The zero-order valence-electron chi connectivity index (χ0n) is 8.74. The molecule has 2 nitrogen and oxygen atoms in total. The molecule has 0 atom stereocenters. The van der Waals surface area contributed by atoms with Crippen LogP contribution in [0.15, 0.2) is 56.7 Å². The molecule has 0 saturated heterocycles. The van der Waals surface area contributed by atoms with Crippen molar-refractivity contribution in [3.05, 3.63) is 48.2 Å². The van der Waals surface area contributed by atoms with Crippen LogP contribution in [0.2, 0.25) is 0 Å². The maximum Gasteiger partial charge on any atom is 0.125 e. The summed E-state index contributed by atoms with van der Waals surface area (Å²) < 4.78 is 2.51. The normalized spacial score (nSPS) is 10.6. The van der Waals surface area contributed by atoms with Gasteiger partial charge in [-0.15, -0.1) is 22.7 Å². The van der Waals surface area contributed by atoms with Gasteiger partial charge in [0.05, 0.1) is 14.6 Å². The number of rotatable bonds is 3.